The van der Waals surface area contributed by atoms with E-state index in [1.807, 2.05) is 45.1 Å². The number of carbonyl (C=O) groups is 1. The minimum absolute atomic E-state index is 0.397. The van der Waals surface area contributed by atoms with E-state index in [0.717, 1.165) is 10.9 Å². The van der Waals surface area contributed by atoms with E-state index < -0.39 is 11.7 Å². The number of halogens is 1. The van der Waals surface area contributed by atoms with Crippen molar-refractivity contribution in [1.82, 2.24) is 5.32 Å². The van der Waals surface area contributed by atoms with Crippen molar-refractivity contribution in [3.05, 3.63) is 41.5 Å². The van der Waals surface area contributed by atoms with Crippen LogP contribution < -0.4 is 5.32 Å². The largest absolute Gasteiger partial charge is 0.444 e. The zero-order valence-corrected chi connectivity index (χ0v) is 13.2. The van der Waals surface area contributed by atoms with Gasteiger partial charge in [0.15, 0.2) is 0 Å². The quantitative estimate of drug-likeness (QED) is 0.845. The number of alkyl carbamates (subject to hydrolysis) is 1. The van der Waals surface area contributed by atoms with Gasteiger partial charge >= 0.3 is 6.09 Å². The van der Waals surface area contributed by atoms with Crippen LogP contribution in [0.2, 0.25) is 0 Å². The highest BCUT2D eigenvalue weighted by Crippen LogP contribution is 2.10. The molecule has 0 aliphatic heterocycles. The molecule has 0 fully saturated rings. The summed E-state index contributed by atoms with van der Waals surface area (Å²) < 4.78 is 5.14. The molecular formula is C15H20BrNO2. The van der Waals surface area contributed by atoms with Gasteiger partial charge in [-0.1, -0.05) is 52.3 Å². The van der Waals surface area contributed by atoms with Crippen molar-refractivity contribution < 1.29 is 9.53 Å². The number of rotatable bonds is 4. The van der Waals surface area contributed by atoms with Crippen LogP contribution in [-0.4, -0.2) is 18.2 Å². The molecule has 0 atom stereocenters. The molecule has 3 nitrogen and oxygen atoms in total. The fraction of sp³-hybridized carbons (Fsp3) is 0.400. The maximum atomic E-state index is 11.4. The molecule has 0 spiro atoms. The van der Waals surface area contributed by atoms with Crippen LogP contribution in [0.1, 0.15) is 31.9 Å². The first-order chi connectivity index (χ1) is 8.90. The van der Waals surface area contributed by atoms with Gasteiger partial charge in [-0.3, -0.25) is 0 Å². The topological polar surface area (TPSA) is 38.3 Å². The Morgan fingerprint density at radius 1 is 1.42 bits per heavy atom. The third kappa shape index (κ3) is 7.01. The molecule has 1 N–H and O–H groups in total. The molecule has 0 aliphatic carbocycles. The van der Waals surface area contributed by atoms with Gasteiger partial charge in [0.05, 0.1) is 0 Å². The molecule has 0 bridgehead atoms. The Bertz CT molecular complexity index is 450. The summed E-state index contributed by atoms with van der Waals surface area (Å²) in [7, 11) is 0. The van der Waals surface area contributed by atoms with Gasteiger partial charge in [0.25, 0.3) is 0 Å². The predicted molar refractivity (Wildman–Crippen MR) is 82.3 cm³/mol. The van der Waals surface area contributed by atoms with E-state index in [9.17, 15) is 4.79 Å². The average molecular weight is 326 g/mol. The van der Waals surface area contributed by atoms with Gasteiger partial charge in [-0.15, -0.1) is 0 Å². The number of ether oxygens (including phenoxy) is 1. The predicted octanol–water partition coefficient (Wildman–Crippen LogP) is 4.12. The Labute approximate surface area is 123 Å². The van der Waals surface area contributed by atoms with E-state index in [4.69, 9.17) is 4.74 Å². The fourth-order valence-corrected chi connectivity index (χ4v) is 1.78. The Morgan fingerprint density at radius 2 is 2.16 bits per heavy atom. The van der Waals surface area contributed by atoms with Gasteiger partial charge in [-0.25, -0.2) is 4.79 Å². The fourth-order valence-electron chi connectivity index (χ4n) is 1.43. The van der Waals surface area contributed by atoms with Crippen LogP contribution >= 0.6 is 15.9 Å². The highest BCUT2D eigenvalue weighted by Gasteiger charge is 2.14. The average Bonchev–Trinajstić information content (AvgIpc) is 2.33. The zero-order chi connectivity index (χ0) is 14.3. The lowest BCUT2D eigenvalue weighted by Gasteiger charge is -2.19. The van der Waals surface area contributed by atoms with E-state index in [2.05, 4.69) is 33.4 Å². The lowest BCUT2D eigenvalue weighted by atomic mass is 10.1. The molecule has 19 heavy (non-hydrogen) atoms. The standard InChI is InChI=1S/C15H20BrNO2/c1-15(2,3)19-14(18)17-9-5-8-12-6-4-7-13(10-12)11-16/h4-8,10H,9,11H2,1-3H3,(H,17,18). The number of hydrogen-bond donors (Lipinski definition) is 1. The Kier molecular flexibility index (Phi) is 6.09. The Hall–Kier alpha value is -1.29. The molecule has 0 aromatic heterocycles. The number of benzene rings is 1. The van der Waals surface area contributed by atoms with Crippen LogP contribution in [0.5, 0.6) is 0 Å². The lowest BCUT2D eigenvalue weighted by Crippen LogP contribution is -2.32. The molecule has 1 aromatic rings. The SMILES string of the molecule is CC(C)(C)OC(=O)NCC=Cc1cccc(CBr)c1. The van der Waals surface area contributed by atoms with Crippen molar-refractivity contribution in [1.29, 1.82) is 0 Å². The summed E-state index contributed by atoms with van der Waals surface area (Å²) in [5.74, 6) is 0. The maximum Gasteiger partial charge on any atom is 0.407 e. The molecule has 1 amide bonds. The van der Waals surface area contributed by atoms with Crippen molar-refractivity contribution in [2.45, 2.75) is 31.7 Å². The monoisotopic (exact) mass is 325 g/mol. The molecule has 0 heterocycles. The summed E-state index contributed by atoms with van der Waals surface area (Å²) in [5, 5.41) is 3.52. The van der Waals surface area contributed by atoms with E-state index in [0.29, 0.717) is 6.54 Å². The summed E-state index contributed by atoms with van der Waals surface area (Å²) in [6.07, 6.45) is 3.48. The van der Waals surface area contributed by atoms with Gasteiger partial charge in [0.2, 0.25) is 0 Å². The summed E-state index contributed by atoms with van der Waals surface area (Å²) >= 11 is 3.42. The van der Waals surface area contributed by atoms with Crippen LogP contribution in [0.15, 0.2) is 30.3 Å². The summed E-state index contributed by atoms with van der Waals surface area (Å²) in [5.41, 5.74) is 1.88. The summed E-state index contributed by atoms with van der Waals surface area (Å²) in [6, 6.07) is 8.19. The smallest absolute Gasteiger partial charge is 0.407 e. The van der Waals surface area contributed by atoms with E-state index in [1.54, 1.807) is 0 Å². The normalized spacial score (nSPS) is 11.6. The second kappa shape index (κ2) is 7.34. The van der Waals surface area contributed by atoms with E-state index in [1.165, 1.54) is 5.56 Å². The first kappa shape index (κ1) is 15.8. The van der Waals surface area contributed by atoms with Crippen LogP contribution in [0.3, 0.4) is 0 Å². The Balaban J connectivity index is 2.40. The van der Waals surface area contributed by atoms with E-state index in [-0.39, 0.29) is 0 Å². The van der Waals surface area contributed by atoms with Gasteiger partial charge in [0, 0.05) is 11.9 Å². The molecule has 4 heteroatoms. The highest BCUT2D eigenvalue weighted by atomic mass is 79.9. The number of hydrogen-bond acceptors (Lipinski definition) is 2. The van der Waals surface area contributed by atoms with Crippen molar-refractivity contribution in [2.24, 2.45) is 0 Å². The second-order valence-corrected chi connectivity index (χ2v) is 5.72. The molecule has 0 saturated carbocycles. The van der Waals surface area contributed by atoms with Gasteiger partial charge in [-0.2, -0.15) is 0 Å². The summed E-state index contributed by atoms with van der Waals surface area (Å²) in [6.45, 7) is 5.98. The molecule has 0 saturated heterocycles. The van der Waals surface area contributed by atoms with Crippen molar-refractivity contribution in [3.8, 4) is 0 Å². The van der Waals surface area contributed by atoms with Crippen molar-refractivity contribution in [2.75, 3.05) is 6.54 Å². The van der Waals surface area contributed by atoms with Crippen molar-refractivity contribution >= 4 is 28.1 Å². The van der Waals surface area contributed by atoms with E-state index >= 15 is 0 Å². The first-order valence-electron chi connectivity index (χ1n) is 6.19. The molecule has 1 rings (SSSR count). The zero-order valence-electron chi connectivity index (χ0n) is 11.6. The molecule has 0 aliphatic rings. The number of carbonyl (C=O) groups excluding carboxylic acids is 1. The highest BCUT2D eigenvalue weighted by molar-refractivity contribution is 9.08. The number of nitrogens with one attached hydrogen (secondary N) is 1. The van der Waals surface area contributed by atoms with Crippen LogP contribution in [0.4, 0.5) is 4.79 Å². The van der Waals surface area contributed by atoms with Crippen molar-refractivity contribution in [3.63, 3.8) is 0 Å². The van der Waals surface area contributed by atoms with Gasteiger partial charge in [-0.05, 0) is 31.9 Å². The minimum Gasteiger partial charge on any atom is -0.444 e. The molecular weight excluding hydrogens is 306 g/mol. The molecule has 1 aromatic carbocycles. The minimum atomic E-state index is -0.460. The molecule has 0 radical (unpaired) electrons. The van der Waals surface area contributed by atoms with Crippen LogP contribution in [-0.2, 0) is 10.1 Å². The third-order valence-electron chi connectivity index (χ3n) is 2.18. The molecule has 104 valence electrons. The van der Waals surface area contributed by atoms with Gasteiger partial charge < -0.3 is 10.1 Å². The van der Waals surface area contributed by atoms with Crippen LogP contribution in [0, 0.1) is 0 Å². The number of amides is 1. The summed E-state index contributed by atoms with van der Waals surface area (Å²) in [4.78, 5) is 11.4. The third-order valence-corrected chi connectivity index (χ3v) is 2.83. The maximum absolute atomic E-state index is 11.4. The number of alkyl halides is 1. The molecule has 0 unspecified atom stereocenters. The van der Waals surface area contributed by atoms with Crippen LogP contribution in [0.25, 0.3) is 6.08 Å². The second-order valence-electron chi connectivity index (χ2n) is 5.16. The first-order valence-corrected chi connectivity index (χ1v) is 7.31. The lowest BCUT2D eigenvalue weighted by molar-refractivity contribution is 0.0534. The Morgan fingerprint density at radius 3 is 2.79 bits per heavy atom. The van der Waals surface area contributed by atoms with Gasteiger partial charge in [0.1, 0.15) is 5.60 Å².